The molecule has 23 heavy (non-hydrogen) atoms. The van der Waals surface area contributed by atoms with Crippen molar-refractivity contribution in [2.45, 2.75) is 19.6 Å². The quantitative estimate of drug-likeness (QED) is 0.504. The van der Waals surface area contributed by atoms with E-state index in [2.05, 4.69) is 5.32 Å². The van der Waals surface area contributed by atoms with Gasteiger partial charge in [0.2, 0.25) is 0 Å². The molecule has 0 aliphatic carbocycles. The van der Waals surface area contributed by atoms with Crippen LogP contribution < -0.4 is 5.32 Å². The zero-order valence-corrected chi connectivity index (χ0v) is 12.6. The molecule has 3 rings (SSSR count). The van der Waals surface area contributed by atoms with E-state index in [1.807, 2.05) is 6.07 Å². The number of cyclic esters (lactones) is 2. The fourth-order valence-electron chi connectivity index (χ4n) is 2.33. The summed E-state index contributed by atoms with van der Waals surface area (Å²) in [5.41, 5.74) is 0.473. The number of anilines is 1. The minimum Gasteiger partial charge on any atom is -0.508 e. The van der Waals surface area contributed by atoms with E-state index in [-0.39, 0.29) is 11.3 Å². The summed E-state index contributed by atoms with van der Waals surface area (Å²) in [6.07, 6.45) is 1.27. The van der Waals surface area contributed by atoms with Crippen molar-refractivity contribution in [2.24, 2.45) is 0 Å². The molecule has 0 radical (unpaired) electrons. The minimum absolute atomic E-state index is 0.162. The van der Waals surface area contributed by atoms with Crippen molar-refractivity contribution in [3.63, 3.8) is 0 Å². The van der Waals surface area contributed by atoms with Crippen molar-refractivity contribution in [1.29, 1.82) is 0 Å². The van der Waals surface area contributed by atoms with Gasteiger partial charge >= 0.3 is 11.9 Å². The topological polar surface area (TPSA) is 84.9 Å². The predicted molar refractivity (Wildman–Crippen MR) is 83.6 cm³/mol. The maximum atomic E-state index is 11.9. The predicted octanol–water partition coefficient (Wildman–Crippen LogP) is 2.68. The molecule has 118 valence electrons. The number of carbonyl (C=O) groups excluding carboxylic acids is 2. The van der Waals surface area contributed by atoms with Crippen LogP contribution in [0.15, 0.2) is 48.2 Å². The number of hydrogen-bond acceptors (Lipinski definition) is 6. The van der Waals surface area contributed by atoms with Crippen LogP contribution in [0.1, 0.15) is 13.8 Å². The maximum Gasteiger partial charge on any atom is 0.350 e. The summed E-state index contributed by atoms with van der Waals surface area (Å²) in [6, 6.07) is 10.4. The van der Waals surface area contributed by atoms with Crippen LogP contribution in [0, 0.1) is 0 Å². The molecule has 1 heterocycles. The van der Waals surface area contributed by atoms with Gasteiger partial charge in [-0.25, -0.2) is 9.59 Å². The van der Waals surface area contributed by atoms with Gasteiger partial charge in [0.15, 0.2) is 5.57 Å². The van der Waals surface area contributed by atoms with Crippen LogP contribution in [0.2, 0.25) is 0 Å². The van der Waals surface area contributed by atoms with Gasteiger partial charge in [0.1, 0.15) is 5.75 Å². The summed E-state index contributed by atoms with van der Waals surface area (Å²) >= 11 is 0. The van der Waals surface area contributed by atoms with Gasteiger partial charge in [-0.3, -0.25) is 0 Å². The van der Waals surface area contributed by atoms with Crippen molar-refractivity contribution in [3.8, 4) is 5.75 Å². The van der Waals surface area contributed by atoms with E-state index < -0.39 is 17.7 Å². The van der Waals surface area contributed by atoms with Gasteiger partial charge in [-0.05, 0) is 29.7 Å². The smallest absolute Gasteiger partial charge is 0.350 e. The van der Waals surface area contributed by atoms with Crippen molar-refractivity contribution in [2.75, 3.05) is 5.32 Å². The molecule has 2 aromatic carbocycles. The molecular formula is C17H15NO5. The minimum atomic E-state index is -1.26. The average molecular weight is 313 g/mol. The zero-order chi connectivity index (χ0) is 16.6. The van der Waals surface area contributed by atoms with Crippen LogP contribution in [0.5, 0.6) is 5.75 Å². The average Bonchev–Trinajstić information content (AvgIpc) is 2.44. The Labute approximate surface area is 132 Å². The second-order valence-electron chi connectivity index (χ2n) is 5.59. The van der Waals surface area contributed by atoms with Crippen molar-refractivity contribution >= 4 is 28.4 Å². The van der Waals surface area contributed by atoms with E-state index in [4.69, 9.17) is 9.47 Å². The molecule has 0 unspecified atom stereocenters. The number of hydrogen-bond donors (Lipinski definition) is 2. The lowest BCUT2D eigenvalue weighted by Gasteiger charge is -2.29. The van der Waals surface area contributed by atoms with Crippen LogP contribution in [-0.4, -0.2) is 22.8 Å². The van der Waals surface area contributed by atoms with E-state index in [1.165, 1.54) is 20.0 Å². The lowest BCUT2D eigenvalue weighted by atomic mass is 10.1. The standard InChI is InChI=1S/C17H15NO5/c1-17(2)22-15(20)13(16(21)23-17)9-18-14-5-3-4-10-8-11(19)6-7-12(10)14/h3-9,18-19H,1-2H3. The van der Waals surface area contributed by atoms with Crippen molar-refractivity contribution in [3.05, 3.63) is 48.2 Å². The van der Waals surface area contributed by atoms with Crippen molar-refractivity contribution < 1.29 is 24.2 Å². The summed E-state index contributed by atoms with van der Waals surface area (Å²) in [7, 11) is 0. The number of phenols is 1. The summed E-state index contributed by atoms with van der Waals surface area (Å²) in [5.74, 6) is -2.58. The number of benzene rings is 2. The zero-order valence-electron chi connectivity index (χ0n) is 12.6. The molecule has 0 aromatic heterocycles. The highest BCUT2D eigenvalue weighted by molar-refractivity contribution is 6.15. The molecular weight excluding hydrogens is 298 g/mol. The summed E-state index contributed by atoms with van der Waals surface area (Å²) in [4.78, 5) is 23.8. The van der Waals surface area contributed by atoms with E-state index in [1.54, 1.807) is 30.3 Å². The molecule has 0 atom stereocenters. The van der Waals surface area contributed by atoms with Crippen LogP contribution in [0.4, 0.5) is 5.69 Å². The third-order valence-corrected chi connectivity index (χ3v) is 3.35. The molecule has 6 heteroatoms. The van der Waals surface area contributed by atoms with Gasteiger partial charge < -0.3 is 19.9 Å². The third kappa shape index (κ3) is 2.96. The second-order valence-corrected chi connectivity index (χ2v) is 5.59. The summed E-state index contributed by atoms with van der Waals surface area (Å²) in [6.45, 7) is 2.98. The van der Waals surface area contributed by atoms with Gasteiger partial charge in [-0.1, -0.05) is 12.1 Å². The number of aromatic hydroxyl groups is 1. The van der Waals surface area contributed by atoms with Gasteiger partial charge in [-0.2, -0.15) is 0 Å². The summed E-state index contributed by atoms with van der Waals surface area (Å²) < 4.78 is 10.1. The van der Waals surface area contributed by atoms with Crippen molar-refractivity contribution in [1.82, 2.24) is 0 Å². The van der Waals surface area contributed by atoms with Gasteiger partial charge in [0.05, 0.1) is 0 Å². The van der Waals surface area contributed by atoms with Crippen LogP contribution in [-0.2, 0) is 19.1 Å². The number of rotatable bonds is 2. The fourth-order valence-corrected chi connectivity index (χ4v) is 2.33. The largest absolute Gasteiger partial charge is 0.508 e. The number of ether oxygens (including phenoxy) is 2. The van der Waals surface area contributed by atoms with E-state index >= 15 is 0 Å². The van der Waals surface area contributed by atoms with Gasteiger partial charge in [0.25, 0.3) is 5.79 Å². The first-order valence-electron chi connectivity index (χ1n) is 7.01. The Morgan fingerprint density at radius 3 is 2.48 bits per heavy atom. The Balaban J connectivity index is 1.91. The van der Waals surface area contributed by atoms with Gasteiger partial charge in [-0.15, -0.1) is 0 Å². The fraction of sp³-hybridized carbons (Fsp3) is 0.176. The second kappa shape index (κ2) is 5.31. The number of phenolic OH excluding ortho intramolecular Hbond substituents is 1. The van der Waals surface area contributed by atoms with Gasteiger partial charge in [0, 0.05) is 31.1 Å². The maximum absolute atomic E-state index is 11.9. The molecule has 0 bridgehead atoms. The molecule has 2 aromatic rings. The Morgan fingerprint density at radius 1 is 1.09 bits per heavy atom. The van der Waals surface area contributed by atoms with E-state index in [9.17, 15) is 14.7 Å². The highest BCUT2D eigenvalue weighted by atomic mass is 16.7. The molecule has 1 aliphatic heterocycles. The molecule has 1 aliphatic rings. The van der Waals surface area contributed by atoms with Crippen LogP contribution >= 0.6 is 0 Å². The Kier molecular flexibility index (Phi) is 3.44. The lowest BCUT2D eigenvalue weighted by Crippen LogP contribution is -2.42. The first-order chi connectivity index (χ1) is 10.9. The number of nitrogens with one attached hydrogen (secondary N) is 1. The highest BCUT2D eigenvalue weighted by Gasteiger charge is 2.38. The first kappa shape index (κ1) is 14.9. The SMILES string of the molecule is CC1(C)OC(=O)C(=CNc2cccc3cc(O)ccc23)C(=O)O1. The van der Waals surface area contributed by atoms with E-state index in [0.29, 0.717) is 5.69 Å². The number of esters is 2. The third-order valence-electron chi connectivity index (χ3n) is 3.35. The van der Waals surface area contributed by atoms with Crippen LogP contribution in [0.3, 0.4) is 0 Å². The molecule has 0 saturated carbocycles. The first-order valence-corrected chi connectivity index (χ1v) is 7.01. The monoisotopic (exact) mass is 313 g/mol. The highest BCUT2D eigenvalue weighted by Crippen LogP contribution is 2.27. The molecule has 0 spiro atoms. The normalized spacial score (nSPS) is 16.7. The number of carbonyl (C=O) groups is 2. The molecule has 6 nitrogen and oxygen atoms in total. The summed E-state index contributed by atoms with van der Waals surface area (Å²) in [5, 5.41) is 14.1. The molecule has 1 fully saturated rings. The number of fused-ring (bicyclic) bond motifs is 1. The Hall–Kier alpha value is -3.02. The van der Waals surface area contributed by atoms with Crippen LogP contribution in [0.25, 0.3) is 10.8 Å². The lowest BCUT2D eigenvalue weighted by molar-refractivity contribution is -0.222. The molecule has 0 amide bonds. The Morgan fingerprint density at radius 2 is 1.78 bits per heavy atom. The van der Waals surface area contributed by atoms with E-state index in [0.717, 1.165) is 10.8 Å². The Bertz CT molecular complexity index is 816. The molecule has 2 N–H and O–H groups in total. The molecule has 1 saturated heterocycles.